The van der Waals surface area contributed by atoms with Crippen LogP contribution in [-0.4, -0.2) is 48.3 Å². The van der Waals surface area contributed by atoms with Gasteiger partial charge in [0.1, 0.15) is 12.3 Å². The molecule has 2 N–H and O–H groups in total. The quantitative estimate of drug-likeness (QED) is 0.462. The first-order valence-corrected chi connectivity index (χ1v) is 11.2. The molecule has 0 bridgehead atoms. The molecule has 3 rings (SSSR count). The Morgan fingerprint density at radius 2 is 1.94 bits per heavy atom. The molecule has 8 heteroatoms. The van der Waals surface area contributed by atoms with E-state index in [9.17, 15) is 19.2 Å². The van der Waals surface area contributed by atoms with Crippen molar-refractivity contribution in [2.45, 2.75) is 36.9 Å². The average Bonchev–Trinajstić information content (AvgIpc) is 3.13. The van der Waals surface area contributed by atoms with Crippen LogP contribution < -0.4 is 10.6 Å². The summed E-state index contributed by atoms with van der Waals surface area (Å²) in [6.45, 7) is 0.623. The lowest BCUT2D eigenvalue weighted by Gasteiger charge is -2.25. The summed E-state index contributed by atoms with van der Waals surface area (Å²) < 4.78 is 0. The number of likely N-dealkylation sites (N-methyl/N-ethyl adjacent to an activating group) is 1. The third-order valence-corrected chi connectivity index (χ3v) is 6.03. The molecule has 0 spiro atoms. The Balaban J connectivity index is 1.68. The van der Waals surface area contributed by atoms with E-state index in [0.29, 0.717) is 24.2 Å². The van der Waals surface area contributed by atoms with Crippen LogP contribution in [0.2, 0.25) is 0 Å². The highest BCUT2D eigenvalue weighted by molar-refractivity contribution is 7.98. The van der Waals surface area contributed by atoms with E-state index in [-0.39, 0.29) is 30.6 Å². The molecule has 0 aromatic heterocycles. The van der Waals surface area contributed by atoms with E-state index >= 15 is 0 Å². The number of carbonyl (C=O) groups is 4. The number of aldehydes is 1. The minimum atomic E-state index is -0.692. The van der Waals surface area contributed by atoms with Crippen molar-refractivity contribution in [2.24, 2.45) is 0 Å². The lowest BCUT2D eigenvalue weighted by molar-refractivity contribution is -0.125. The van der Waals surface area contributed by atoms with Gasteiger partial charge in [0.15, 0.2) is 0 Å². The highest BCUT2D eigenvalue weighted by Crippen LogP contribution is 2.27. The molecular weight excluding hydrogens is 414 g/mol. The van der Waals surface area contributed by atoms with Crippen LogP contribution in [0.1, 0.15) is 44.7 Å². The number of benzene rings is 2. The predicted octanol–water partition coefficient (Wildman–Crippen LogP) is 2.39. The lowest BCUT2D eigenvalue weighted by Crippen LogP contribution is -2.46. The number of nitrogens with zero attached hydrogens (tertiary/aromatic N) is 1. The number of nitrogens with one attached hydrogen (secondary N) is 2. The zero-order valence-corrected chi connectivity index (χ0v) is 18.3. The van der Waals surface area contributed by atoms with Crippen LogP contribution in [0, 0.1) is 0 Å². The van der Waals surface area contributed by atoms with Crippen molar-refractivity contribution in [1.82, 2.24) is 15.5 Å². The first-order valence-electron chi connectivity index (χ1n) is 9.98. The van der Waals surface area contributed by atoms with Crippen LogP contribution in [0.3, 0.4) is 0 Å². The van der Waals surface area contributed by atoms with Gasteiger partial charge in [-0.2, -0.15) is 0 Å². The van der Waals surface area contributed by atoms with Crippen LogP contribution in [-0.2, 0) is 22.7 Å². The van der Waals surface area contributed by atoms with Crippen LogP contribution in [0.4, 0.5) is 0 Å². The number of fused-ring (bicyclic) bond motifs is 1. The van der Waals surface area contributed by atoms with E-state index in [1.165, 1.54) is 11.9 Å². The second-order valence-electron chi connectivity index (χ2n) is 7.21. The topological polar surface area (TPSA) is 95.6 Å². The summed E-state index contributed by atoms with van der Waals surface area (Å²) in [4.78, 5) is 50.8. The number of amides is 3. The van der Waals surface area contributed by atoms with Gasteiger partial charge in [0.25, 0.3) is 11.8 Å². The summed E-state index contributed by atoms with van der Waals surface area (Å²) in [5, 5.41) is 5.46. The average molecular weight is 440 g/mol. The van der Waals surface area contributed by atoms with Gasteiger partial charge in [0, 0.05) is 42.6 Å². The summed E-state index contributed by atoms with van der Waals surface area (Å²) in [6, 6.07) is 12.1. The lowest BCUT2D eigenvalue weighted by atomic mass is 10.1. The molecule has 0 saturated heterocycles. The van der Waals surface area contributed by atoms with Gasteiger partial charge in [-0.15, -0.1) is 11.8 Å². The van der Waals surface area contributed by atoms with Crippen LogP contribution in [0.15, 0.2) is 47.4 Å². The molecule has 1 aliphatic rings. The Hall–Kier alpha value is -3.13. The Morgan fingerprint density at radius 1 is 1.19 bits per heavy atom. The normalized spacial score (nSPS) is 13.5. The number of carbonyl (C=O) groups excluding carboxylic acids is 4. The van der Waals surface area contributed by atoms with Gasteiger partial charge < -0.3 is 20.3 Å². The fourth-order valence-corrected chi connectivity index (χ4v) is 4.01. The first-order chi connectivity index (χ1) is 15.0. The van der Waals surface area contributed by atoms with Crippen LogP contribution in [0.5, 0.6) is 0 Å². The zero-order chi connectivity index (χ0) is 22.4. The Morgan fingerprint density at radius 3 is 2.58 bits per heavy atom. The fourth-order valence-electron chi connectivity index (χ4n) is 3.61. The van der Waals surface area contributed by atoms with E-state index in [1.807, 2.05) is 24.5 Å². The number of thioether (sulfide) groups is 1. The van der Waals surface area contributed by atoms with E-state index < -0.39 is 6.04 Å². The molecule has 3 amide bonds. The molecule has 1 aliphatic heterocycles. The zero-order valence-electron chi connectivity index (χ0n) is 17.5. The third-order valence-electron chi connectivity index (χ3n) is 5.29. The number of rotatable bonds is 9. The van der Waals surface area contributed by atoms with E-state index in [0.717, 1.165) is 22.3 Å². The minimum Gasteiger partial charge on any atom is -0.357 e. The van der Waals surface area contributed by atoms with E-state index in [4.69, 9.17) is 0 Å². The molecule has 0 radical (unpaired) electrons. The van der Waals surface area contributed by atoms with Crippen molar-refractivity contribution in [2.75, 3.05) is 13.3 Å². The largest absolute Gasteiger partial charge is 0.357 e. The summed E-state index contributed by atoms with van der Waals surface area (Å²) in [6.07, 6.45) is 3.21. The fraction of sp³-hybridized carbons (Fsp3) is 0.304. The molecule has 0 saturated carbocycles. The molecule has 2 aromatic carbocycles. The standard InChI is InChI=1S/C23H25N3O4S/c1-24-22(29)20(4-3-11-27)26-14-17-12-15(5-10-19(17)23(26)30)13-25-21(28)16-6-8-18(31-2)9-7-16/h5-12,20H,3-4,13-14H2,1-2H3,(H,24,29)(H,25,28). The van der Waals surface area contributed by atoms with Gasteiger partial charge in [-0.3, -0.25) is 14.4 Å². The molecule has 1 heterocycles. The molecule has 1 unspecified atom stereocenters. The highest BCUT2D eigenvalue weighted by atomic mass is 32.2. The van der Waals surface area contributed by atoms with E-state index in [2.05, 4.69) is 10.6 Å². The smallest absolute Gasteiger partial charge is 0.255 e. The number of hydrogen-bond donors (Lipinski definition) is 2. The molecule has 0 aliphatic carbocycles. The van der Waals surface area contributed by atoms with Gasteiger partial charge in [-0.05, 0) is 54.1 Å². The summed E-state index contributed by atoms with van der Waals surface area (Å²) in [7, 11) is 1.51. The van der Waals surface area contributed by atoms with Crippen LogP contribution in [0.25, 0.3) is 0 Å². The second-order valence-corrected chi connectivity index (χ2v) is 8.09. The highest BCUT2D eigenvalue weighted by Gasteiger charge is 2.35. The van der Waals surface area contributed by atoms with Gasteiger partial charge >= 0.3 is 0 Å². The Kier molecular flexibility index (Phi) is 7.46. The predicted molar refractivity (Wildman–Crippen MR) is 119 cm³/mol. The second kappa shape index (κ2) is 10.3. The summed E-state index contributed by atoms with van der Waals surface area (Å²) in [5.74, 6) is -0.679. The maximum Gasteiger partial charge on any atom is 0.255 e. The third kappa shape index (κ3) is 5.14. The molecule has 31 heavy (non-hydrogen) atoms. The van der Waals surface area contributed by atoms with Crippen molar-refractivity contribution < 1.29 is 19.2 Å². The number of hydrogen-bond acceptors (Lipinski definition) is 5. The van der Waals surface area contributed by atoms with Gasteiger partial charge in [0.2, 0.25) is 5.91 Å². The van der Waals surface area contributed by atoms with Crippen molar-refractivity contribution in [3.8, 4) is 0 Å². The SMILES string of the molecule is CNC(=O)C(CCC=O)N1Cc2cc(CNC(=O)c3ccc(SC)cc3)ccc2C1=O. The Bertz CT molecular complexity index is 991. The van der Waals surface area contributed by atoms with Crippen molar-refractivity contribution in [1.29, 1.82) is 0 Å². The first kappa shape index (κ1) is 22.6. The minimum absolute atomic E-state index is 0.167. The van der Waals surface area contributed by atoms with E-state index in [1.54, 1.807) is 36.0 Å². The molecule has 2 aromatic rings. The molecule has 162 valence electrons. The van der Waals surface area contributed by atoms with Gasteiger partial charge in [-0.1, -0.05) is 12.1 Å². The molecule has 7 nitrogen and oxygen atoms in total. The molecule has 1 atom stereocenters. The maximum atomic E-state index is 12.8. The van der Waals surface area contributed by atoms with Crippen LogP contribution >= 0.6 is 11.8 Å². The van der Waals surface area contributed by atoms with Gasteiger partial charge in [-0.25, -0.2) is 0 Å². The Labute approximate surface area is 185 Å². The van der Waals surface area contributed by atoms with Gasteiger partial charge in [0.05, 0.1) is 0 Å². The van der Waals surface area contributed by atoms with Crippen molar-refractivity contribution >= 4 is 35.8 Å². The summed E-state index contributed by atoms with van der Waals surface area (Å²) in [5.41, 5.74) is 2.81. The van der Waals surface area contributed by atoms with Crippen molar-refractivity contribution in [3.63, 3.8) is 0 Å². The summed E-state index contributed by atoms with van der Waals surface area (Å²) >= 11 is 1.61. The molecule has 0 fully saturated rings. The molecular formula is C23H25N3O4S. The maximum absolute atomic E-state index is 12.8. The monoisotopic (exact) mass is 439 g/mol. The van der Waals surface area contributed by atoms with Crippen molar-refractivity contribution in [3.05, 3.63) is 64.7 Å².